The predicted molar refractivity (Wildman–Crippen MR) is 173 cm³/mol. The Balaban J connectivity index is 1.33. The maximum absolute atomic E-state index is 12.0. The monoisotopic (exact) mass is 675 g/mol. The number of halogens is 2. The van der Waals surface area contributed by atoms with Crippen molar-refractivity contribution in [3.63, 3.8) is 0 Å². The molecule has 0 bridgehead atoms. The van der Waals surface area contributed by atoms with Crippen molar-refractivity contribution in [1.29, 1.82) is 0 Å². The third-order valence-electron chi connectivity index (χ3n) is 7.76. The second-order valence-electron chi connectivity index (χ2n) is 10.7. The summed E-state index contributed by atoms with van der Waals surface area (Å²) < 4.78 is 12.5. The standard InChI is InChI=1S/C32H27Cl2N7O6/c1-46-24-12-18(14-41-30(24)38-25(16-42)39-41)29-28(34)21(10-11-35-29)20-4-3-5-22(27(20)33)23-8-6-17(31(37-23)47-2)13-40(32(44)45)15-19-7-9-26(43)36-19/h3-6,8,10-12,14,16,19H,7,9,13,15H2,1-2H3,(H,36,43)(H,44,45). The normalized spacial score (nSPS) is 14.2. The molecule has 5 aromatic rings. The van der Waals surface area contributed by atoms with E-state index in [9.17, 15) is 19.5 Å². The van der Waals surface area contributed by atoms with Gasteiger partial charge in [-0.2, -0.15) is 0 Å². The van der Waals surface area contributed by atoms with Crippen LogP contribution in [0.5, 0.6) is 11.6 Å². The molecule has 1 aliphatic rings. The number of nitrogens with zero attached hydrogens (tertiary/aromatic N) is 6. The molecule has 1 aliphatic heterocycles. The molecule has 1 aromatic carbocycles. The number of aldehydes is 1. The van der Waals surface area contributed by atoms with E-state index in [-0.39, 0.29) is 36.7 Å². The van der Waals surface area contributed by atoms with Crippen molar-refractivity contribution < 1.29 is 29.0 Å². The number of hydrogen-bond acceptors (Lipinski definition) is 9. The average molecular weight is 677 g/mol. The number of rotatable bonds is 10. The fourth-order valence-corrected chi connectivity index (χ4v) is 6.15. The Morgan fingerprint density at radius 2 is 1.89 bits per heavy atom. The van der Waals surface area contributed by atoms with Gasteiger partial charge in [0.2, 0.25) is 17.6 Å². The smallest absolute Gasteiger partial charge is 0.407 e. The Morgan fingerprint density at radius 1 is 1.11 bits per heavy atom. The van der Waals surface area contributed by atoms with E-state index in [2.05, 4.69) is 25.4 Å². The highest BCUT2D eigenvalue weighted by Crippen LogP contribution is 2.42. The van der Waals surface area contributed by atoms with Gasteiger partial charge >= 0.3 is 6.09 Å². The van der Waals surface area contributed by atoms with Crippen LogP contribution in [0.2, 0.25) is 10.0 Å². The lowest BCUT2D eigenvalue weighted by Gasteiger charge is -2.23. The first-order chi connectivity index (χ1) is 22.7. The van der Waals surface area contributed by atoms with E-state index < -0.39 is 6.09 Å². The molecule has 0 aliphatic carbocycles. The van der Waals surface area contributed by atoms with Crippen LogP contribution in [0.4, 0.5) is 4.79 Å². The predicted octanol–water partition coefficient (Wildman–Crippen LogP) is 5.42. The van der Waals surface area contributed by atoms with Gasteiger partial charge in [0.1, 0.15) is 0 Å². The van der Waals surface area contributed by atoms with Gasteiger partial charge in [-0.15, -0.1) is 5.10 Å². The molecule has 0 spiro atoms. The zero-order chi connectivity index (χ0) is 33.2. The number of aromatic nitrogens is 5. The number of carbonyl (C=O) groups excluding carboxylic acids is 2. The van der Waals surface area contributed by atoms with Gasteiger partial charge in [-0.25, -0.2) is 19.3 Å². The van der Waals surface area contributed by atoms with E-state index >= 15 is 0 Å². The number of carboxylic acid groups (broad SMARTS) is 1. The van der Waals surface area contributed by atoms with E-state index in [0.29, 0.717) is 79.8 Å². The van der Waals surface area contributed by atoms with Crippen LogP contribution >= 0.6 is 23.2 Å². The Hall–Kier alpha value is -5.27. The third-order valence-corrected chi connectivity index (χ3v) is 8.55. The molecule has 5 heterocycles. The average Bonchev–Trinajstić information content (AvgIpc) is 3.69. The van der Waals surface area contributed by atoms with Gasteiger partial charge < -0.3 is 24.8 Å². The molecule has 1 fully saturated rings. The van der Waals surface area contributed by atoms with Crippen LogP contribution in [0, 0.1) is 0 Å². The van der Waals surface area contributed by atoms with Crippen molar-refractivity contribution in [2.75, 3.05) is 20.8 Å². The maximum Gasteiger partial charge on any atom is 0.407 e. The number of carbonyl (C=O) groups is 3. The van der Waals surface area contributed by atoms with E-state index in [1.807, 2.05) is 18.2 Å². The molecule has 0 saturated carbocycles. The molecule has 1 atom stereocenters. The van der Waals surface area contributed by atoms with Crippen LogP contribution in [0.3, 0.4) is 0 Å². The van der Waals surface area contributed by atoms with Crippen LogP contribution < -0.4 is 14.8 Å². The van der Waals surface area contributed by atoms with Gasteiger partial charge in [-0.05, 0) is 30.7 Å². The van der Waals surface area contributed by atoms with Crippen molar-refractivity contribution in [2.45, 2.75) is 25.4 Å². The first-order valence-electron chi connectivity index (χ1n) is 14.4. The quantitative estimate of drug-likeness (QED) is 0.183. The highest BCUT2D eigenvalue weighted by atomic mass is 35.5. The summed E-state index contributed by atoms with van der Waals surface area (Å²) >= 11 is 14.0. The summed E-state index contributed by atoms with van der Waals surface area (Å²) in [4.78, 5) is 49.4. The number of methoxy groups -OCH3 is 2. The van der Waals surface area contributed by atoms with Gasteiger partial charge in [0.15, 0.2) is 17.7 Å². The minimum absolute atomic E-state index is 0.00778. The van der Waals surface area contributed by atoms with Crippen molar-refractivity contribution in [3.05, 3.63) is 76.3 Å². The highest BCUT2D eigenvalue weighted by molar-refractivity contribution is 6.39. The van der Waals surface area contributed by atoms with Gasteiger partial charge in [0, 0.05) is 59.2 Å². The van der Waals surface area contributed by atoms with Crippen molar-refractivity contribution >= 4 is 47.1 Å². The molecule has 240 valence electrons. The summed E-state index contributed by atoms with van der Waals surface area (Å²) in [5, 5.41) is 17.5. The minimum Gasteiger partial charge on any atom is -0.493 e. The molecule has 15 heteroatoms. The number of nitrogens with one attached hydrogen (secondary N) is 1. The molecule has 6 rings (SSSR count). The number of benzene rings is 1. The Labute approximate surface area is 278 Å². The molecular formula is C32H27Cl2N7O6. The van der Waals surface area contributed by atoms with Crippen molar-refractivity contribution in [1.82, 2.24) is 34.8 Å². The zero-order valence-electron chi connectivity index (χ0n) is 25.1. The molecule has 1 saturated heterocycles. The Bertz CT molecular complexity index is 2040. The van der Waals surface area contributed by atoms with E-state index in [1.54, 1.807) is 36.7 Å². The lowest BCUT2D eigenvalue weighted by molar-refractivity contribution is -0.119. The molecule has 4 aromatic heterocycles. The molecular weight excluding hydrogens is 649 g/mol. The lowest BCUT2D eigenvalue weighted by Crippen LogP contribution is -2.41. The van der Waals surface area contributed by atoms with Crippen LogP contribution in [0.25, 0.3) is 39.3 Å². The third kappa shape index (κ3) is 6.27. The lowest BCUT2D eigenvalue weighted by atomic mass is 10.00. The second-order valence-corrected chi connectivity index (χ2v) is 11.4. The first-order valence-corrected chi connectivity index (χ1v) is 15.1. The van der Waals surface area contributed by atoms with Gasteiger partial charge in [0.25, 0.3) is 0 Å². The van der Waals surface area contributed by atoms with Crippen LogP contribution in [0.1, 0.15) is 29.0 Å². The number of hydrogen-bond donors (Lipinski definition) is 2. The number of pyridine rings is 3. The molecule has 2 amide bonds. The molecule has 47 heavy (non-hydrogen) atoms. The number of fused-ring (bicyclic) bond motifs is 1. The summed E-state index contributed by atoms with van der Waals surface area (Å²) in [6, 6.07) is 12.2. The SMILES string of the molecule is COc1nc(-c2cccc(-c3ccnc(-c4cc(OC)c5nc(C=O)nn5c4)c3Cl)c2Cl)ccc1CN(CC1CCC(=O)N1)C(=O)O. The van der Waals surface area contributed by atoms with Crippen molar-refractivity contribution in [2.24, 2.45) is 0 Å². The molecule has 2 N–H and O–H groups in total. The fourth-order valence-electron chi connectivity index (χ4n) is 5.51. The van der Waals surface area contributed by atoms with E-state index in [4.69, 9.17) is 32.7 Å². The summed E-state index contributed by atoms with van der Waals surface area (Å²) in [7, 11) is 2.94. The summed E-state index contributed by atoms with van der Waals surface area (Å²) in [6.45, 7) is 0.163. The van der Waals surface area contributed by atoms with Gasteiger partial charge in [-0.1, -0.05) is 41.4 Å². The number of amides is 2. The van der Waals surface area contributed by atoms with Crippen LogP contribution in [0.15, 0.2) is 54.9 Å². The molecule has 0 radical (unpaired) electrons. The maximum atomic E-state index is 12.0. The highest BCUT2D eigenvalue weighted by Gasteiger charge is 2.26. The summed E-state index contributed by atoms with van der Waals surface area (Å²) in [5.74, 6) is 0.542. The first kappa shape index (κ1) is 31.7. The van der Waals surface area contributed by atoms with Gasteiger partial charge in [0.05, 0.1) is 42.2 Å². The second kappa shape index (κ2) is 13.2. The minimum atomic E-state index is -1.12. The molecule has 1 unspecified atom stereocenters. The number of ether oxygens (including phenoxy) is 2. The Kier molecular flexibility index (Phi) is 8.92. The van der Waals surface area contributed by atoms with Crippen molar-refractivity contribution in [3.8, 4) is 45.3 Å². The van der Waals surface area contributed by atoms with E-state index in [0.717, 1.165) is 0 Å². The summed E-state index contributed by atoms with van der Waals surface area (Å²) in [5.41, 5.74) is 4.25. The topological polar surface area (TPSA) is 161 Å². The summed E-state index contributed by atoms with van der Waals surface area (Å²) in [6.07, 6.45) is 3.64. The Morgan fingerprint density at radius 3 is 2.60 bits per heavy atom. The fraction of sp³-hybridized carbons (Fsp3) is 0.219. The van der Waals surface area contributed by atoms with Gasteiger partial charge in [-0.3, -0.25) is 14.6 Å². The molecule has 13 nitrogen and oxygen atoms in total. The van der Waals surface area contributed by atoms with Crippen LogP contribution in [-0.2, 0) is 11.3 Å². The van der Waals surface area contributed by atoms with E-state index in [1.165, 1.54) is 23.6 Å². The zero-order valence-corrected chi connectivity index (χ0v) is 26.6. The largest absolute Gasteiger partial charge is 0.493 e. The van der Waals surface area contributed by atoms with Crippen LogP contribution in [-0.4, -0.2) is 79.7 Å².